The van der Waals surface area contributed by atoms with Crippen LogP contribution < -0.4 is 0 Å². The summed E-state index contributed by atoms with van der Waals surface area (Å²) < 4.78 is 26.3. The van der Waals surface area contributed by atoms with Gasteiger partial charge in [-0.15, -0.1) is 0 Å². The molecular weight excluding hydrogens is 308 g/mol. The van der Waals surface area contributed by atoms with Gasteiger partial charge in [-0.05, 0) is 26.2 Å². The molecule has 2 aromatic rings. The molecule has 0 spiro atoms. The summed E-state index contributed by atoms with van der Waals surface area (Å²) in [5.74, 6) is -1.48. The molecule has 1 aromatic carbocycles. The molecule has 0 aliphatic carbocycles. The summed E-state index contributed by atoms with van der Waals surface area (Å²) in [5, 5.41) is 0.498. The number of imidazole rings is 1. The van der Waals surface area contributed by atoms with Gasteiger partial charge in [-0.1, -0.05) is 11.8 Å². The fourth-order valence-corrected chi connectivity index (χ4v) is 3.50. The highest BCUT2D eigenvalue weighted by Gasteiger charge is 2.23. The summed E-state index contributed by atoms with van der Waals surface area (Å²) >= 11 is 1.26. The maximum absolute atomic E-state index is 13.2. The van der Waals surface area contributed by atoms with Crippen LogP contribution >= 0.6 is 11.8 Å². The van der Waals surface area contributed by atoms with Gasteiger partial charge in [0, 0.05) is 24.7 Å². The van der Waals surface area contributed by atoms with Crippen molar-refractivity contribution in [2.45, 2.75) is 37.4 Å². The molecule has 1 amide bonds. The van der Waals surface area contributed by atoms with Gasteiger partial charge >= 0.3 is 0 Å². The average molecular weight is 325 g/mol. The number of hydrogen-bond donors (Lipinski definition) is 1. The number of amides is 1. The first-order valence-electron chi connectivity index (χ1n) is 7.31. The van der Waals surface area contributed by atoms with Crippen molar-refractivity contribution in [3.05, 3.63) is 23.8 Å². The summed E-state index contributed by atoms with van der Waals surface area (Å²) in [7, 11) is 0. The molecular formula is C15H17F2N3OS. The SMILES string of the molecule is C[C@@H]1CCCCN1C(=O)CSc1nc2cc(F)c(F)cc2[nH]1. The Bertz CT molecular complexity index is 664. The topological polar surface area (TPSA) is 49.0 Å². The number of likely N-dealkylation sites (tertiary alicyclic amines) is 1. The van der Waals surface area contributed by atoms with E-state index in [1.165, 1.54) is 18.2 Å². The number of thioether (sulfide) groups is 1. The van der Waals surface area contributed by atoms with Crippen molar-refractivity contribution < 1.29 is 13.6 Å². The van der Waals surface area contributed by atoms with Crippen LogP contribution in [0.15, 0.2) is 17.3 Å². The number of carbonyl (C=O) groups excluding carboxylic acids is 1. The monoisotopic (exact) mass is 325 g/mol. The lowest BCUT2D eigenvalue weighted by Gasteiger charge is -2.33. The number of rotatable bonds is 3. The van der Waals surface area contributed by atoms with Crippen molar-refractivity contribution >= 4 is 28.7 Å². The highest BCUT2D eigenvalue weighted by atomic mass is 32.2. The number of H-pyrrole nitrogens is 1. The first kappa shape index (κ1) is 15.3. The molecule has 0 unspecified atom stereocenters. The number of hydrogen-bond acceptors (Lipinski definition) is 3. The van der Waals surface area contributed by atoms with Gasteiger partial charge < -0.3 is 9.88 Å². The van der Waals surface area contributed by atoms with Crippen LogP contribution in [0.3, 0.4) is 0 Å². The molecule has 1 atom stereocenters. The fourth-order valence-electron chi connectivity index (χ4n) is 2.73. The molecule has 7 heteroatoms. The van der Waals surface area contributed by atoms with Crippen LogP contribution in [0.4, 0.5) is 8.78 Å². The smallest absolute Gasteiger partial charge is 0.233 e. The molecule has 1 N–H and O–H groups in total. The van der Waals surface area contributed by atoms with Gasteiger partial charge in [0.05, 0.1) is 16.8 Å². The second-order valence-electron chi connectivity index (χ2n) is 5.55. The zero-order valence-corrected chi connectivity index (χ0v) is 13.1. The highest BCUT2D eigenvalue weighted by Crippen LogP contribution is 2.23. The molecule has 1 aliphatic rings. The van der Waals surface area contributed by atoms with Crippen molar-refractivity contribution in [3.8, 4) is 0 Å². The lowest BCUT2D eigenvalue weighted by Crippen LogP contribution is -2.42. The van der Waals surface area contributed by atoms with Crippen molar-refractivity contribution in [1.29, 1.82) is 0 Å². The van der Waals surface area contributed by atoms with Gasteiger partial charge in [-0.3, -0.25) is 4.79 Å². The number of aromatic amines is 1. The maximum atomic E-state index is 13.2. The average Bonchev–Trinajstić information content (AvgIpc) is 2.87. The van der Waals surface area contributed by atoms with Crippen LogP contribution in [-0.2, 0) is 4.79 Å². The Balaban J connectivity index is 1.67. The molecule has 1 saturated heterocycles. The second kappa shape index (κ2) is 6.24. The van der Waals surface area contributed by atoms with E-state index in [1.54, 1.807) is 0 Å². The van der Waals surface area contributed by atoms with Gasteiger partial charge in [0.2, 0.25) is 5.91 Å². The summed E-state index contributed by atoms with van der Waals surface area (Å²) in [6, 6.07) is 2.41. The third kappa shape index (κ3) is 3.09. The van der Waals surface area contributed by atoms with Crippen LogP contribution in [0.5, 0.6) is 0 Å². The van der Waals surface area contributed by atoms with E-state index < -0.39 is 11.6 Å². The Morgan fingerprint density at radius 3 is 2.95 bits per heavy atom. The van der Waals surface area contributed by atoms with Gasteiger partial charge in [0.15, 0.2) is 16.8 Å². The summed E-state index contributed by atoms with van der Waals surface area (Å²) in [4.78, 5) is 21.2. The first-order valence-corrected chi connectivity index (χ1v) is 8.30. The highest BCUT2D eigenvalue weighted by molar-refractivity contribution is 7.99. The Morgan fingerprint density at radius 2 is 2.18 bits per heavy atom. The molecule has 118 valence electrons. The van der Waals surface area contributed by atoms with Crippen molar-refractivity contribution in [2.75, 3.05) is 12.3 Å². The standard InChI is InChI=1S/C15H17F2N3OS/c1-9-4-2-3-5-20(9)14(21)8-22-15-18-12-6-10(16)11(17)7-13(12)19-15/h6-7,9H,2-5,8H2,1H3,(H,18,19)/t9-/m1/s1. The van der Waals surface area contributed by atoms with Crippen molar-refractivity contribution in [2.24, 2.45) is 0 Å². The lowest BCUT2D eigenvalue weighted by molar-refractivity contribution is -0.131. The quantitative estimate of drug-likeness (QED) is 0.881. The molecule has 22 heavy (non-hydrogen) atoms. The minimum absolute atomic E-state index is 0.0787. The van der Waals surface area contributed by atoms with E-state index >= 15 is 0 Å². The Labute approximate surface area is 131 Å². The number of halogens is 2. The van der Waals surface area contributed by atoms with Gasteiger partial charge in [0.25, 0.3) is 0 Å². The molecule has 1 aliphatic heterocycles. The second-order valence-corrected chi connectivity index (χ2v) is 6.51. The van der Waals surface area contributed by atoms with Crippen LogP contribution in [0, 0.1) is 11.6 Å². The maximum Gasteiger partial charge on any atom is 0.233 e. The normalized spacial score (nSPS) is 18.9. The van der Waals surface area contributed by atoms with E-state index in [-0.39, 0.29) is 17.7 Å². The molecule has 0 radical (unpaired) electrons. The van der Waals surface area contributed by atoms with E-state index in [4.69, 9.17) is 0 Å². The predicted octanol–water partition coefficient (Wildman–Crippen LogP) is 3.33. The van der Waals surface area contributed by atoms with Gasteiger partial charge in [-0.2, -0.15) is 0 Å². The number of benzene rings is 1. The van der Waals surface area contributed by atoms with E-state index in [9.17, 15) is 13.6 Å². The summed E-state index contributed by atoms with van der Waals surface area (Å²) in [6.07, 6.45) is 3.25. The minimum atomic E-state index is -0.922. The van der Waals surface area contributed by atoms with Crippen molar-refractivity contribution in [1.82, 2.24) is 14.9 Å². The molecule has 2 heterocycles. The third-order valence-electron chi connectivity index (χ3n) is 3.96. The zero-order chi connectivity index (χ0) is 15.7. The van der Waals surface area contributed by atoms with E-state index in [0.717, 1.165) is 31.5 Å². The van der Waals surface area contributed by atoms with E-state index in [2.05, 4.69) is 16.9 Å². The van der Waals surface area contributed by atoms with Crippen LogP contribution in [0.2, 0.25) is 0 Å². The Kier molecular flexibility index (Phi) is 4.33. The largest absolute Gasteiger partial charge is 0.339 e. The van der Waals surface area contributed by atoms with Crippen LogP contribution in [0.1, 0.15) is 26.2 Å². The Morgan fingerprint density at radius 1 is 1.41 bits per heavy atom. The van der Waals surface area contributed by atoms with Gasteiger partial charge in [-0.25, -0.2) is 13.8 Å². The van der Waals surface area contributed by atoms with E-state index in [0.29, 0.717) is 16.2 Å². The molecule has 1 fully saturated rings. The number of fused-ring (bicyclic) bond motifs is 1. The van der Waals surface area contributed by atoms with E-state index in [1.807, 2.05) is 4.90 Å². The first-order chi connectivity index (χ1) is 10.5. The Hall–Kier alpha value is -1.63. The summed E-state index contributed by atoms with van der Waals surface area (Å²) in [5.41, 5.74) is 0.792. The number of aromatic nitrogens is 2. The molecule has 0 bridgehead atoms. The third-order valence-corrected chi connectivity index (χ3v) is 4.82. The van der Waals surface area contributed by atoms with Crippen LogP contribution in [-0.4, -0.2) is 39.1 Å². The number of piperidine rings is 1. The number of nitrogens with zero attached hydrogens (tertiary/aromatic N) is 2. The van der Waals surface area contributed by atoms with Crippen LogP contribution in [0.25, 0.3) is 11.0 Å². The lowest BCUT2D eigenvalue weighted by atomic mass is 10.0. The minimum Gasteiger partial charge on any atom is -0.339 e. The number of carbonyl (C=O) groups is 1. The molecule has 3 rings (SSSR count). The number of nitrogens with one attached hydrogen (secondary N) is 1. The van der Waals surface area contributed by atoms with Gasteiger partial charge in [0.1, 0.15) is 0 Å². The molecule has 4 nitrogen and oxygen atoms in total. The predicted molar refractivity (Wildman–Crippen MR) is 81.8 cm³/mol. The zero-order valence-electron chi connectivity index (χ0n) is 12.2. The van der Waals surface area contributed by atoms with Crippen molar-refractivity contribution in [3.63, 3.8) is 0 Å². The fraction of sp³-hybridized carbons (Fsp3) is 0.467. The molecule has 0 saturated carbocycles. The summed E-state index contributed by atoms with van der Waals surface area (Å²) in [6.45, 7) is 2.87. The molecule has 1 aromatic heterocycles.